The van der Waals surface area contributed by atoms with Crippen molar-refractivity contribution < 1.29 is 9.53 Å². The lowest BCUT2D eigenvalue weighted by Crippen LogP contribution is -2.43. The number of ether oxygens (including phenoxy) is 1. The highest BCUT2D eigenvalue weighted by Gasteiger charge is 2.29. The van der Waals surface area contributed by atoms with Gasteiger partial charge >= 0.3 is 0 Å². The lowest BCUT2D eigenvalue weighted by Gasteiger charge is -2.34. The van der Waals surface area contributed by atoms with Crippen molar-refractivity contribution in [1.29, 1.82) is 0 Å². The molecule has 0 spiro atoms. The molecular weight excluding hydrogens is 240 g/mol. The Hall–Kier alpha value is -0.610. The van der Waals surface area contributed by atoms with Gasteiger partial charge in [0.05, 0.1) is 5.92 Å². The van der Waals surface area contributed by atoms with E-state index in [-0.39, 0.29) is 22.7 Å². The Morgan fingerprint density at radius 3 is 2.42 bits per heavy atom. The zero-order valence-electron chi connectivity index (χ0n) is 12.9. The first-order valence-corrected chi connectivity index (χ1v) is 7.31. The largest absolute Gasteiger partial charge is 0.381 e. The predicted octanol–water partition coefficient (Wildman–Crippen LogP) is 1.93. The van der Waals surface area contributed by atoms with Crippen molar-refractivity contribution in [3.8, 4) is 0 Å². The summed E-state index contributed by atoms with van der Waals surface area (Å²) in [5.74, 6) is 0.0218. The normalized spacial score (nSPS) is 20.9. The van der Waals surface area contributed by atoms with Crippen molar-refractivity contribution in [2.45, 2.75) is 47.0 Å². The lowest BCUT2D eigenvalue weighted by molar-refractivity contribution is -0.126. The molecule has 1 rings (SSSR count). The molecule has 1 heterocycles. The molecule has 0 saturated carbocycles. The van der Waals surface area contributed by atoms with Crippen molar-refractivity contribution in [2.75, 3.05) is 26.3 Å². The second-order valence-electron chi connectivity index (χ2n) is 7.34. The first kappa shape index (κ1) is 16.4. The molecule has 3 N–H and O–H groups in total. The molecule has 1 aliphatic heterocycles. The van der Waals surface area contributed by atoms with E-state index in [0.717, 1.165) is 39.0 Å². The number of nitrogens with two attached hydrogens (primary N) is 1. The maximum Gasteiger partial charge on any atom is 0.224 e. The van der Waals surface area contributed by atoms with Gasteiger partial charge < -0.3 is 15.8 Å². The first-order chi connectivity index (χ1) is 8.76. The Balaban J connectivity index is 2.44. The van der Waals surface area contributed by atoms with Gasteiger partial charge in [0.15, 0.2) is 0 Å². The number of hydrogen-bond acceptors (Lipinski definition) is 3. The van der Waals surface area contributed by atoms with E-state index in [1.165, 1.54) is 0 Å². The van der Waals surface area contributed by atoms with Gasteiger partial charge in [-0.3, -0.25) is 4.79 Å². The highest BCUT2D eigenvalue weighted by Crippen LogP contribution is 2.29. The third-order valence-electron chi connectivity index (χ3n) is 3.90. The zero-order chi connectivity index (χ0) is 14.5. The van der Waals surface area contributed by atoms with Crippen LogP contribution in [-0.2, 0) is 9.53 Å². The van der Waals surface area contributed by atoms with Crippen molar-refractivity contribution in [1.82, 2.24) is 5.32 Å². The van der Waals surface area contributed by atoms with Crippen LogP contribution in [0.5, 0.6) is 0 Å². The van der Waals surface area contributed by atoms with E-state index in [1.807, 2.05) is 0 Å². The first-order valence-electron chi connectivity index (χ1n) is 7.31. The van der Waals surface area contributed by atoms with Gasteiger partial charge in [0, 0.05) is 26.3 Å². The fraction of sp³-hybridized carbons (Fsp3) is 0.933. The van der Waals surface area contributed by atoms with Crippen molar-refractivity contribution in [2.24, 2.45) is 22.5 Å². The highest BCUT2D eigenvalue weighted by molar-refractivity contribution is 5.78. The quantitative estimate of drug-likeness (QED) is 0.802. The fourth-order valence-corrected chi connectivity index (χ4v) is 2.51. The van der Waals surface area contributed by atoms with Crippen LogP contribution in [0.1, 0.15) is 47.0 Å². The summed E-state index contributed by atoms with van der Waals surface area (Å²) >= 11 is 0. The van der Waals surface area contributed by atoms with Crippen LogP contribution in [0.4, 0.5) is 0 Å². The molecule has 1 saturated heterocycles. The van der Waals surface area contributed by atoms with Gasteiger partial charge in [0.25, 0.3) is 0 Å². The van der Waals surface area contributed by atoms with Crippen molar-refractivity contribution >= 4 is 5.91 Å². The third kappa shape index (κ3) is 5.91. The minimum Gasteiger partial charge on any atom is -0.381 e. The Kier molecular flexibility index (Phi) is 5.81. The van der Waals surface area contributed by atoms with Gasteiger partial charge in [-0.1, -0.05) is 27.7 Å². The molecule has 19 heavy (non-hydrogen) atoms. The number of carbonyl (C=O) groups excluding carboxylic acids is 1. The Morgan fingerprint density at radius 1 is 1.37 bits per heavy atom. The van der Waals surface area contributed by atoms with Gasteiger partial charge in [-0.25, -0.2) is 0 Å². The fourth-order valence-electron chi connectivity index (χ4n) is 2.51. The Labute approximate surface area is 117 Å². The molecule has 1 fully saturated rings. The molecule has 4 nitrogen and oxygen atoms in total. The Morgan fingerprint density at radius 2 is 1.95 bits per heavy atom. The van der Waals surface area contributed by atoms with E-state index < -0.39 is 0 Å². The van der Waals surface area contributed by atoms with Crippen molar-refractivity contribution in [3.05, 3.63) is 0 Å². The van der Waals surface area contributed by atoms with Crippen LogP contribution in [-0.4, -0.2) is 32.2 Å². The minimum absolute atomic E-state index is 0.0801. The maximum atomic E-state index is 12.2. The molecule has 1 amide bonds. The summed E-state index contributed by atoms with van der Waals surface area (Å²) in [5.41, 5.74) is 6.05. The number of nitrogens with one attached hydrogen (secondary N) is 1. The van der Waals surface area contributed by atoms with Gasteiger partial charge in [-0.15, -0.1) is 0 Å². The summed E-state index contributed by atoms with van der Waals surface area (Å²) in [4.78, 5) is 12.2. The number of hydrogen-bond donors (Lipinski definition) is 2. The monoisotopic (exact) mass is 270 g/mol. The third-order valence-corrected chi connectivity index (χ3v) is 3.90. The average molecular weight is 270 g/mol. The zero-order valence-corrected chi connectivity index (χ0v) is 12.9. The molecule has 1 aliphatic rings. The molecule has 0 bridgehead atoms. The smallest absolute Gasteiger partial charge is 0.224 e. The molecule has 4 heteroatoms. The summed E-state index contributed by atoms with van der Waals surface area (Å²) in [6.07, 6.45) is 2.86. The van der Waals surface area contributed by atoms with Gasteiger partial charge in [-0.2, -0.15) is 0 Å². The minimum atomic E-state index is -0.0801. The van der Waals surface area contributed by atoms with Crippen LogP contribution in [0.2, 0.25) is 0 Å². The SMILES string of the molecule is CC(C)(C)CC(CN)C(=O)NCC1(C)CCOCC1. The molecule has 0 aromatic rings. The second-order valence-corrected chi connectivity index (χ2v) is 7.34. The molecule has 0 aromatic carbocycles. The maximum absolute atomic E-state index is 12.2. The van der Waals surface area contributed by atoms with Crippen molar-refractivity contribution in [3.63, 3.8) is 0 Å². The van der Waals surface area contributed by atoms with Gasteiger partial charge in [0.2, 0.25) is 5.91 Å². The van der Waals surface area contributed by atoms with Crippen LogP contribution in [0.25, 0.3) is 0 Å². The highest BCUT2D eigenvalue weighted by atomic mass is 16.5. The van der Waals surface area contributed by atoms with Crippen LogP contribution < -0.4 is 11.1 Å². The summed E-state index contributed by atoms with van der Waals surface area (Å²) in [5, 5.41) is 3.09. The predicted molar refractivity (Wildman–Crippen MR) is 77.8 cm³/mol. The van der Waals surface area contributed by atoms with Gasteiger partial charge in [0.1, 0.15) is 0 Å². The molecule has 1 atom stereocenters. The van der Waals surface area contributed by atoms with E-state index in [0.29, 0.717) is 6.54 Å². The van der Waals surface area contributed by atoms with E-state index >= 15 is 0 Å². The van der Waals surface area contributed by atoms with E-state index in [9.17, 15) is 4.79 Å². The van der Waals surface area contributed by atoms with E-state index in [2.05, 4.69) is 33.0 Å². The molecule has 1 unspecified atom stereocenters. The van der Waals surface area contributed by atoms with E-state index in [4.69, 9.17) is 10.5 Å². The standard InChI is InChI=1S/C15H30N2O2/c1-14(2,3)9-12(10-16)13(18)17-11-15(4)5-7-19-8-6-15/h12H,5-11,16H2,1-4H3,(H,17,18). The summed E-state index contributed by atoms with van der Waals surface area (Å²) in [6.45, 7) is 11.4. The number of rotatable bonds is 5. The second kappa shape index (κ2) is 6.71. The van der Waals surface area contributed by atoms with Crippen LogP contribution >= 0.6 is 0 Å². The molecular formula is C15H30N2O2. The summed E-state index contributed by atoms with van der Waals surface area (Å²) in [6, 6.07) is 0. The van der Waals surface area contributed by atoms with E-state index in [1.54, 1.807) is 0 Å². The molecule has 112 valence electrons. The topological polar surface area (TPSA) is 64.4 Å². The summed E-state index contributed by atoms with van der Waals surface area (Å²) < 4.78 is 5.37. The number of carbonyl (C=O) groups is 1. The average Bonchev–Trinajstić information content (AvgIpc) is 2.33. The van der Waals surface area contributed by atoms with Gasteiger partial charge in [-0.05, 0) is 30.1 Å². The summed E-state index contributed by atoms with van der Waals surface area (Å²) in [7, 11) is 0. The van der Waals surface area contributed by atoms with Crippen LogP contribution in [0.3, 0.4) is 0 Å². The van der Waals surface area contributed by atoms with Crippen LogP contribution in [0.15, 0.2) is 0 Å². The number of amides is 1. The molecule has 0 aliphatic carbocycles. The lowest BCUT2D eigenvalue weighted by atomic mass is 9.81. The Bertz CT molecular complexity index is 291. The molecule has 0 aromatic heterocycles. The molecule has 0 radical (unpaired) electrons. The van der Waals surface area contributed by atoms with Crippen LogP contribution in [0, 0.1) is 16.7 Å².